The summed E-state index contributed by atoms with van der Waals surface area (Å²) in [4.78, 5) is 48.7. The van der Waals surface area contributed by atoms with E-state index in [1.165, 1.54) is 13.2 Å². The van der Waals surface area contributed by atoms with Crippen molar-refractivity contribution in [3.8, 4) is 0 Å². The highest BCUT2D eigenvalue weighted by atomic mass is 16.5. The maximum Gasteiger partial charge on any atom is 0.330 e. The standard InChI is InChI=1S/C28H29N3O5/c1-18(15-16-25(32)36-3)30-28(35)27(34)29-17-21-10-5-7-13-24(21)26(33)31-19(2)22-14-8-11-20-9-4-6-12-23(20)22/h4-16,18-19H,17H2,1-3H3,(H,29,34)(H,30,35)(H,31,33)/b16-15+/t18?,19-/m1/s1. The Labute approximate surface area is 209 Å². The number of amides is 3. The van der Waals surface area contributed by atoms with E-state index in [-0.39, 0.29) is 18.5 Å². The van der Waals surface area contributed by atoms with Gasteiger partial charge < -0.3 is 20.7 Å². The molecule has 8 nitrogen and oxygen atoms in total. The van der Waals surface area contributed by atoms with E-state index < -0.39 is 23.8 Å². The minimum Gasteiger partial charge on any atom is -0.466 e. The Morgan fingerprint density at radius 3 is 2.33 bits per heavy atom. The zero-order valence-electron chi connectivity index (χ0n) is 20.4. The average Bonchev–Trinajstić information content (AvgIpc) is 2.89. The van der Waals surface area contributed by atoms with Crippen molar-refractivity contribution in [1.29, 1.82) is 0 Å². The number of carbonyl (C=O) groups is 4. The SMILES string of the molecule is COC(=O)/C=C/C(C)NC(=O)C(=O)NCc1ccccc1C(=O)N[C@H](C)c1cccc2ccccc12. The molecule has 0 bridgehead atoms. The molecule has 2 atom stereocenters. The van der Waals surface area contributed by atoms with Crippen LogP contribution < -0.4 is 16.0 Å². The highest BCUT2D eigenvalue weighted by molar-refractivity contribution is 6.35. The van der Waals surface area contributed by atoms with Gasteiger partial charge in [-0.2, -0.15) is 0 Å². The van der Waals surface area contributed by atoms with Crippen LogP contribution in [0.3, 0.4) is 0 Å². The van der Waals surface area contributed by atoms with Gasteiger partial charge in [-0.25, -0.2) is 4.79 Å². The van der Waals surface area contributed by atoms with Crippen molar-refractivity contribution in [2.45, 2.75) is 32.5 Å². The number of carbonyl (C=O) groups excluding carboxylic acids is 4. The maximum atomic E-state index is 13.1. The lowest BCUT2D eigenvalue weighted by Gasteiger charge is -2.18. The molecular formula is C28H29N3O5. The monoisotopic (exact) mass is 487 g/mol. The first kappa shape index (κ1) is 26.2. The summed E-state index contributed by atoms with van der Waals surface area (Å²) in [5.74, 6) is -2.56. The molecule has 0 aliphatic rings. The third-order valence-electron chi connectivity index (χ3n) is 5.63. The van der Waals surface area contributed by atoms with Crippen molar-refractivity contribution >= 4 is 34.5 Å². The van der Waals surface area contributed by atoms with E-state index in [4.69, 9.17) is 0 Å². The van der Waals surface area contributed by atoms with Gasteiger partial charge in [0.1, 0.15) is 0 Å². The largest absolute Gasteiger partial charge is 0.466 e. The molecule has 1 unspecified atom stereocenters. The van der Waals surface area contributed by atoms with Crippen molar-refractivity contribution in [2.75, 3.05) is 7.11 Å². The predicted molar refractivity (Wildman–Crippen MR) is 137 cm³/mol. The molecule has 0 aromatic heterocycles. The topological polar surface area (TPSA) is 114 Å². The summed E-state index contributed by atoms with van der Waals surface area (Å²) in [6, 6.07) is 20.0. The Bertz CT molecular complexity index is 1300. The zero-order valence-corrected chi connectivity index (χ0v) is 20.4. The van der Waals surface area contributed by atoms with Crippen LogP contribution in [0.4, 0.5) is 0 Å². The van der Waals surface area contributed by atoms with E-state index in [1.807, 2.05) is 49.4 Å². The van der Waals surface area contributed by atoms with Gasteiger partial charge in [0.2, 0.25) is 0 Å². The lowest BCUT2D eigenvalue weighted by Crippen LogP contribution is -2.43. The number of nitrogens with one attached hydrogen (secondary N) is 3. The fourth-order valence-corrected chi connectivity index (χ4v) is 3.74. The van der Waals surface area contributed by atoms with Crippen molar-refractivity contribution < 1.29 is 23.9 Å². The molecule has 8 heteroatoms. The van der Waals surface area contributed by atoms with Crippen molar-refractivity contribution in [3.05, 3.63) is 95.6 Å². The number of hydrogen-bond acceptors (Lipinski definition) is 5. The van der Waals surface area contributed by atoms with Crippen molar-refractivity contribution in [1.82, 2.24) is 16.0 Å². The van der Waals surface area contributed by atoms with E-state index in [2.05, 4.69) is 20.7 Å². The minimum atomic E-state index is -0.858. The molecule has 3 aromatic carbocycles. The summed E-state index contributed by atoms with van der Waals surface area (Å²) in [5.41, 5.74) is 1.97. The molecule has 0 aliphatic carbocycles. The zero-order chi connectivity index (χ0) is 26.1. The first-order chi connectivity index (χ1) is 17.3. The average molecular weight is 488 g/mol. The van der Waals surface area contributed by atoms with Gasteiger partial charge in [-0.05, 0) is 41.8 Å². The van der Waals surface area contributed by atoms with Gasteiger partial charge >= 0.3 is 17.8 Å². The first-order valence-electron chi connectivity index (χ1n) is 11.5. The molecule has 0 saturated heterocycles. The molecular weight excluding hydrogens is 458 g/mol. The molecule has 36 heavy (non-hydrogen) atoms. The number of hydrogen-bond donors (Lipinski definition) is 3. The van der Waals surface area contributed by atoms with Gasteiger partial charge in [-0.3, -0.25) is 14.4 Å². The Balaban J connectivity index is 1.63. The van der Waals surface area contributed by atoms with Crippen LogP contribution in [0.2, 0.25) is 0 Å². The summed E-state index contributed by atoms with van der Waals surface area (Å²) >= 11 is 0. The number of rotatable bonds is 8. The van der Waals surface area contributed by atoms with Crippen LogP contribution in [0.25, 0.3) is 10.8 Å². The molecule has 0 spiro atoms. The van der Waals surface area contributed by atoms with Crippen LogP contribution in [-0.2, 0) is 25.7 Å². The molecule has 3 rings (SSSR count). The number of benzene rings is 3. The maximum absolute atomic E-state index is 13.1. The van der Waals surface area contributed by atoms with Gasteiger partial charge in [0.15, 0.2) is 0 Å². The molecule has 0 heterocycles. The summed E-state index contributed by atoms with van der Waals surface area (Å²) in [5, 5.41) is 10.2. The summed E-state index contributed by atoms with van der Waals surface area (Å²) in [6.45, 7) is 3.52. The second-order valence-corrected chi connectivity index (χ2v) is 8.25. The summed E-state index contributed by atoms with van der Waals surface area (Å²) in [7, 11) is 1.24. The van der Waals surface area contributed by atoms with Gasteiger partial charge in [-0.1, -0.05) is 66.7 Å². The first-order valence-corrected chi connectivity index (χ1v) is 11.5. The number of fused-ring (bicyclic) bond motifs is 1. The molecule has 0 saturated carbocycles. The van der Waals surface area contributed by atoms with E-state index in [0.29, 0.717) is 11.1 Å². The normalized spacial score (nSPS) is 12.5. The Morgan fingerprint density at radius 2 is 1.56 bits per heavy atom. The summed E-state index contributed by atoms with van der Waals surface area (Å²) < 4.78 is 4.49. The van der Waals surface area contributed by atoms with Crippen molar-refractivity contribution in [3.63, 3.8) is 0 Å². The molecule has 0 fully saturated rings. The van der Waals surface area contributed by atoms with Gasteiger partial charge in [0.05, 0.1) is 13.2 Å². The van der Waals surface area contributed by atoms with Gasteiger partial charge in [0, 0.05) is 24.2 Å². The molecule has 3 aromatic rings. The number of esters is 1. The van der Waals surface area contributed by atoms with E-state index in [1.54, 1.807) is 31.2 Å². The second kappa shape index (κ2) is 12.3. The highest BCUT2D eigenvalue weighted by Crippen LogP contribution is 2.24. The Kier molecular flexibility index (Phi) is 8.94. The number of ether oxygens (including phenoxy) is 1. The highest BCUT2D eigenvalue weighted by Gasteiger charge is 2.19. The van der Waals surface area contributed by atoms with Crippen LogP contribution in [0, 0.1) is 0 Å². The third kappa shape index (κ3) is 6.79. The predicted octanol–water partition coefficient (Wildman–Crippen LogP) is 3.18. The molecule has 0 aliphatic heterocycles. The van der Waals surface area contributed by atoms with Crippen LogP contribution in [0.5, 0.6) is 0 Å². The molecule has 186 valence electrons. The molecule has 3 N–H and O–H groups in total. The van der Waals surface area contributed by atoms with Crippen LogP contribution in [-0.4, -0.2) is 36.8 Å². The van der Waals surface area contributed by atoms with Gasteiger partial charge in [0.25, 0.3) is 5.91 Å². The van der Waals surface area contributed by atoms with E-state index in [9.17, 15) is 19.2 Å². The quantitative estimate of drug-likeness (QED) is 0.257. The molecule has 0 radical (unpaired) electrons. The lowest BCUT2D eigenvalue weighted by molar-refractivity contribution is -0.139. The third-order valence-corrected chi connectivity index (χ3v) is 5.63. The van der Waals surface area contributed by atoms with Crippen LogP contribution in [0.15, 0.2) is 78.9 Å². The molecule has 3 amide bonds. The van der Waals surface area contributed by atoms with Gasteiger partial charge in [-0.15, -0.1) is 0 Å². The smallest absolute Gasteiger partial charge is 0.330 e. The minimum absolute atomic E-state index is 0.00905. The van der Waals surface area contributed by atoms with Crippen LogP contribution >= 0.6 is 0 Å². The fraction of sp³-hybridized carbons (Fsp3) is 0.214. The fourth-order valence-electron chi connectivity index (χ4n) is 3.74. The van der Waals surface area contributed by atoms with Crippen LogP contribution in [0.1, 0.15) is 41.4 Å². The second-order valence-electron chi connectivity index (χ2n) is 8.25. The Morgan fingerprint density at radius 1 is 0.861 bits per heavy atom. The Hall–Kier alpha value is -4.46. The summed E-state index contributed by atoms with van der Waals surface area (Å²) in [6.07, 6.45) is 2.57. The lowest BCUT2D eigenvalue weighted by atomic mass is 9.99. The van der Waals surface area contributed by atoms with Crippen molar-refractivity contribution in [2.24, 2.45) is 0 Å². The van der Waals surface area contributed by atoms with E-state index >= 15 is 0 Å². The number of methoxy groups -OCH3 is 1. The van der Waals surface area contributed by atoms with E-state index in [0.717, 1.165) is 22.4 Å².